The van der Waals surface area contributed by atoms with E-state index in [-0.39, 0.29) is 17.7 Å². The molecule has 2 amide bonds. The summed E-state index contributed by atoms with van der Waals surface area (Å²) in [6, 6.07) is 12.8. The summed E-state index contributed by atoms with van der Waals surface area (Å²) in [5.74, 6) is -0.271. The van der Waals surface area contributed by atoms with Crippen molar-refractivity contribution < 1.29 is 9.59 Å². The van der Waals surface area contributed by atoms with E-state index < -0.39 is 0 Å². The summed E-state index contributed by atoms with van der Waals surface area (Å²) in [5, 5.41) is 12.7. The van der Waals surface area contributed by atoms with Gasteiger partial charge in [0.15, 0.2) is 0 Å². The minimum atomic E-state index is -0.297. The van der Waals surface area contributed by atoms with Gasteiger partial charge in [0, 0.05) is 35.2 Å². The van der Waals surface area contributed by atoms with E-state index in [0.29, 0.717) is 28.7 Å². The van der Waals surface area contributed by atoms with Gasteiger partial charge in [0.05, 0.1) is 0 Å². The third-order valence-electron chi connectivity index (χ3n) is 4.74. The average Bonchev–Trinajstić information content (AvgIpc) is 3.27. The molecule has 8 heteroatoms. The van der Waals surface area contributed by atoms with Crippen LogP contribution in [0.2, 0.25) is 5.02 Å². The number of hydrogen-bond acceptors (Lipinski definition) is 5. The Hall–Kier alpha value is -2.77. The van der Waals surface area contributed by atoms with Gasteiger partial charge in [-0.15, -0.1) is 10.2 Å². The maximum absolute atomic E-state index is 12.6. The number of amides is 2. The van der Waals surface area contributed by atoms with E-state index in [1.54, 1.807) is 29.2 Å². The topological polar surface area (TPSA) is 75.2 Å². The highest BCUT2D eigenvalue weighted by Crippen LogP contribution is 2.35. The lowest BCUT2D eigenvalue weighted by Crippen LogP contribution is -2.24. The molecular formula is C21H19ClN4O2S. The van der Waals surface area contributed by atoms with Crippen molar-refractivity contribution in [3.05, 3.63) is 69.2 Å². The van der Waals surface area contributed by atoms with Gasteiger partial charge < -0.3 is 4.90 Å². The number of rotatable bonds is 4. The van der Waals surface area contributed by atoms with Crippen LogP contribution in [-0.2, 0) is 4.79 Å². The Labute approximate surface area is 177 Å². The number of benzene rings is 2. The van der Waals surface area contributed by atoms with Crippen molar-refractivity contribution in [3.8, 4) is 0 Å². The number of nitrogens with one attached hydrogen (secondary N) is 1. The van der Waals surface area contributed by atoms with Crippen LogP contribution in [0.15, 0.2) is 42.5 Å². The molecule has 148 valence electrons. The number of anilines is 2. The normalized spacial score (nSPS) is 16.3. The van der Waals surface area contributed by atoms with Crippen molar-refractivity contribution in [1.29, 1.82) is 0 Å². The molecule has 1 aliphatic heterocycles. The van der Waals surface area contributed by atoms with E-state index in [1.165, 1.54) is 11.3 Å². The van der Waals surface area contributed by atoms with Gasteiger partial charge in [0.25, 0.3) is 5.91 Å². The van der Waals surface area contributed by atoms with E-state index in [2.05, 4.69) is 21.6 Å². The van der Waals surface area contributed by atoms with E-state index in [0.717, 1.165) is 21.8 Å². The smallest absolute Gasteiger partial charge is 0.257 e. The summed E-state index contributed by atoms with van der Waals surface area (Å²) < 4.78 is 0. The number of nitrogens with zero attached hydrogens (tertiary/aromatic N) is 3. The molecule has 1 atom stereocenters. The lowest BCUT2D eigenvalue weighted by atomic mass is 10.1. The molecule has 1 saturated heterocycles. The monoisotopic (exact) mass is 426 g/mol. The molecule has 29 heavy (non-hydrogen) atoms. The van der Waals surface area contributed by atoms with E-state index in [1.807, 2.05) is 26.0 Å². The highest BCUT2D eigenvalue weighted by molar-refractivity contribution is 7.15. The van der Waals surface area contributed by atoms with Gasteiger partial charge in [-0.2, -0.15) is 0 Å². The lowest BCUT2D eigenvalue weighted by Gasteiger charge is -2.17. The van der Waals surface area contributed by atoms with Crippen molar-refractivity contribution in [2.24, 2.45) is 0 Å². The van der Waals surface area contributed by atoms with E-state index in [4.69, 9.17) is 11.6 Å². The summed E-state index contributed by atoms with van der Waals surface area (Å²) in [5.41, 5.74) is 3.61. The zero-order valence-corrected chi connectivity index (χ0v) is 17.5. The summed E-state index contributed by atoms with van der Waals surface area (Å²) in [6.07, 6.45) is 0.379. The number of carbonyl (C=O) groups excluding carboxylic acids is 2. The Kier molecular flexibility index (Phi) is 5.34. The fourth-order valence-corrected chi connectivity index (χ4v) is 4.50. The Balaban J connectivity index is 1.47. The van der Waals surface area contributed by atoms with Crippen LogP contribution in [0.4, 0.5) is 10.8 Å². The second-order valence-corrected chi connectivity index (χ2v) is 8.61. The molecule has 0 saturated carbocycles. The molecule has 1 aliphatic rings. The maximum atomic E-state index is 12.6. The first-order valence-electron chi connectivity index (χ1n) is 9.18. The van der Waals surface area contributed by atoms with E-state index in [9.17, 15) is 9.59 Å². The standard InChI is InChI=1S/C21H19ClN4O2S/c1-12-6-13(2)8-17(7-12)26-11-15(10-18(26)27)20-24-25-21(29-20)23-19(28)14-4-3-5-16(22)9-14/h3-9,15H,10-11H2,1-2H3,(H,23,25,28)/t15-/m1/s1. The number of hydrogen-bond donors (Lipinski definition) is 1. The van der Waals surface area contributed by atoms with Gasteiger partial charge in [0.2, 0.25) is 11.0 Å². The van der Waals surface area contributed by atoms with Crippen LogP contribution < -0.4 is 10.2 Å². The largest absolute Gasteiger partial charge is 0.312 e. The molecule has 2 heterocycles. The van der Waals surface area contributed by atoms with Crippen molar-refractivity contribution in [3.63, 3.8) is 0 Å². The fourth-order valence-electron chi connectivity index (χ4n) is 3.48. The maximum Gasteiger partial charge on any atom is 0.257 e. The average molecular weight is 427 g/mol. The van der Waals surface area contributed by atoms with Crippen LogP contribution in [0.3, 0.4) is 0 Å². The lowest BCUT2D eigenvalue weighted by molar-refractivity contribution is -0.117. The molecule has 3 aromatic rings. The molecule has 1 aromatic heterocycles. The molecular weight excluding hydrogens is 408 g/mol. The van der Waals surface area contributed by atoms with Crippen LogP contribution in [0.25, 0.3) is 0 Å². The van der Waals surface area contributed by atoms with Crippen molar-refractivity contribution in [1.82, 2.24) is 10.2 Å². The Morgan fingerprint density at radius 2 is 1.93 bits per heavy atom. The van der Waals surface area contributed by atoms with Gasteiger partial charge in [-0.25, -0.2) is 0 Å². The summed E-state index contributed by atoms with van der Waals surface area (Å²) in [7, 11) is 0. The predicted molar refractivity (Wildman–Crippen MR) is 115 cm³/mol. The Morgan fingerprint density at radius 3 is 2.66 bits per heavy atom. The van der Waals surface area contributed by atoms with Crippen LogP contribution in [0.5, 0.6) is 0 Å². The fraction of sp³-hybridized carbons (Fsp3) is 0.238. The number of carbonyl (C=O) groups is 2. The predicted octanol–water partition coefficient (Wildman–Crippen LogP) is 4.58. The Morgan fingerprint density at radius 1 is 1.17 bits per heavy atom. The molecule has 0 aliphatic carbocycles. The molecule has 0 unspecified atom stereocenters. The molecule has 6 nitrogen and oxygen atoms in total. The second kappa shape index (κ2) is 7.93. The highest BCUT2D eigenvalue weighted by atomic mass is 35.5. The highest BCUT2D eigenvalue weighted by Gasteiger charge is 2.34. The Bertz CT molecular complexity index is 1080. The molecule has 0 spiro atoms. The van der Waals surface area contributed by atoms with Crippen molar-refractivity contribution >= 4 is 45.6 Å². The first-order chi connectivity index (χ1) is 13.9. The molecule has 0 radical (unpaired) electrons. The van der Waals surface area contributed by atoms with Crippen LogP contribution in [0, 0.1) is 13.8 Å². The molecule has 1 fully saturated rings. The number of aryl methyl sites for hydroxylation is 2. The van der Waals surface area contributed by atoms with Gasteiger partial charge in [-0.05, 0) is 55.3 Å². The third-order valence-corrected chi connectivity index (χ3v) is 5.98. The van der Waals surface area contributed by atoms with Gasteiger partial charge in [-0.3, -0.25) is 14.9 Å². The molecule has 2 aromatic carbocycles. The van der Waals surface area contributed by atoms with Crippen LogP contribution in [0.1, 0.15) is 38.8 Å². The summed E-state index contributed by atoms with van der Waals surface area (Å²) >= 11 is 7.23. The van der Waals surface area contributed by atoms with Crippen molar-refractivity contribution in [2.45, 2.75) is 26.2 Å². The number of halogens is 1. The minimum absolute atomic E-state index is 0.0439. The summed E-state index contributed by atoms with van der Waals surface area (Å²) in [6.45, 7) is 4.60. The van der Waals surface area contributed by atoms with Crippen LogP contribution >= 0.6 is 22.9 Å². The zero-order chi connectivity index (χ0) is 20.5. The second-order valence-electron chi connectivity index (χ2n) is 7.16. The van der Waals surface area contributed by atoms with Crippen LogP contribution in [-0.4, -0.2) is 28.6 Å². The number of aromatic nitrogens is 2. The summed E-state index contributed by atoms with van der Waals surface area (Å²) in [4.78, 5) is 26.7. The minimum Gasteiger partial charge on any atom is -0.312 e. The molecule has 0 bridgehead atoms. The molecule has 4 rings (SSSR count). The van der Waals surface area contributed by atoms with Crippen molar-refractivity contribution in [2.75, 3.05) is 16.8 Å². The zero-order valence-electron chi connectivity index (χ0n) is 16.0. The first kappa shape index (κ1) is 19.5. The van der Waals surface area contributed by atoms with Gasteiger partial charge in [-0.1, -0.05) is 35.1 Å². The third kappa shape index (κ3) is 4.31. The quantitative estimate of drug-likeness (QED) is 0.662. The first-order valence-corrected chi connectivity index (χ1v) is 10.4. The molecule has 1 N–H and O–H groups in total. The van der Waals surface area contributed by atoms with Gasteiger partial charge in [0.1, 0.15) is 5.01 Å². The van der Waals surface area contributed by atoms with Gasteiger partial charge >= 0.3 is 0 Å². The van der Waals surface area contributed by atoms with E-state index >= 15 is 0 Å². The SMILES string of the molecule is Cc1cc(C)cc(N2C[C@H](c3nnc(NC(=O)c4cccc(Cl)c4)s3)CC2=O)c1.